The minimum Gasteiger partial charge on any atom is -0.369 e. The fourth-order valence-electron chi connectivity index (χ4n) is 1.77. The summed E-state index contributed by atoms with van der Waals surface area (Å²) in [4.78, 5) is 6.19. The van der Waals surface area contributed by atoms with Gasteiger partial charge in [-0.15, -0.1) is 0 Å². The van der Waals surface area contributed by atoms with Gasteiger partial charge in [-0.2, -0.15) is 0 Å². The molecule has 1 N–H and O–H groups in total. The molecule has 0 saturated carbocycles. The first-order chi connectivity index (χ1) is 6.79. The van der Waals surface area contributed by atoms with E-state index < -0.39 is 0 Å². The number of aliphatic imine (C=N–C) groups is 1. The Hall–Kier alpha value is -1.09. The van der Waals surface area contributed by atoms with Crippen molar-refractivity contribution in [3.05, 3.63) is 23.5 Å². The average Bonchev–Trinajstić information content (AvgIpc) is 2.21. The van der Waals surface area contributed by atoms with Crippen LogP contribution in [0.25, 0.3) is 0 Å². The molecule has 78 valence electrons. The van der Waals surface area contributed by atoms with Crippen LogP contribution in [0.4, 0.5) is 0 Å². The van der Waals surface area contributed by atoms with Crippen molar-refractivity contribution in [1.29, 1.82) is 0 Å². The highest BCUT2D eigenvalue weighted by Gasteiger charge is 2.12. The smallest absolute Gasteiger partial charge is 0.0368 e. The molecule has 0 unspecified atom stereocenters. The van der Waals surface area contributed by atoms with Gasteiger partial charge in [0.2, 0.25) is 0 Å². The predicted molar refractivity (Wildman–Crippen MR) is 61.5 cm³/mol. The van der Waals surface area contributed by atoms with Gasteiger partial charge in [-0.05, 0) is 26.1 Å². The van der Waals surface area contributed by atoms with E-state index in [1.54, 1.807) is 0 Å². The van der Waals surface area contributed by atoms with Crippen LogP contribution < -0.4 is 5.32 Å². The van der Waals surface area contributed by atoms with Crippen LogP contribution in [0, 0.1) is 0 Å². The van der Waals surface area contributed by atoms with Gasteiger partial charge in [-0.3, -0.25) is 4.99 Å². The first-order valence-corrected chi connectivity index (χ1v) is 5.04. The molecule has 1 heterocycles. The van der Waals surface area contributed by atoms with Crippen molar-refractivity contribution in [1.82, 2.24) is 10.2 Å². The standard InChI is InChI=1S/C11H19N3/c1-4-11(10(2)9-12-3)14-7-5-13-6-8-14/h4,9,13H,3,5-8H2,1-2H3/b10-9-,11-4+. The molecule has 0 radical (unpaired) electrons. The van der Waals surface area contributed by atoms with Crippen molar-refractivity contribution in [3.63, 3.8) is 0 Å². The fraction of sp³-hybridized carbons (Fsp3) is 0.545. The van der Waals surface area contributed by atoms with Crippen molar-refractivity contribution in [2.24, 2.45) is 4.99 Å². The lowest BCUT2D eigenvalue weighted by Gasteiger charge is -2.31. The summed E-state index contributed by atoms with van der Waals surface area (Å²) >= 11 is 0. The topological polar surface area (TPSA) is 27.6 Å². The molecule has 0 aromatic heterocycles. The Kier molecular flexibility index (Phi) is 4.40. The molecule has 14 heavy (non-hydrogen) atoms. The summed E-state index contributed by atoms with van der Waals surface area (Å²) in [5.74, 6) is 0. The largest absolute Gasteiger partial charge is 0.369 e. The molecule has 0 aliphatic carbocycles. The highest BCUT2D eigenvalue weighted by Crippen LogP contribution is 2.15. The number of allylic oxidation sites excluding steroid dienone is 2. The molecule has 3 heteroatoms. The molecule has 1 rings (SSSR count). The summed E-state index contributed by atoms with van der Waals surface area (Å²) in [6.07, 6.45) is 3.96. The van der Waals surface area contributed by atoms with Gasteiger partial charge >= 0.3 is 0 Å². The van der Waals surface area contributed by atoms with Gasteiger partial charge in [0.15, 0.2) is 0 Å². The highest BCUT2D eigenvalue weighted by atomic mass is 15.2. The van der Waals surface area contributed by atoms with Crippen LogP contribution in [0.5, 0.6) is 0 Å². The van der Waals surface area contributed by atoms with E-state index in [2.05, 4.69) is 41.9 Å². The molecular weight excluding hydrogens is 174 g/mol. The van der Waals surface area contributed by atoms with Gasteiger partial charge in [0.25, 0.3) is 0 Å². The van der Waals surface area contributed by atoms with Crippen molar-refractivity contribution < 1.29 is 0 Å². The molecule has 0 aromatic rings. The number of piperazine rings is 1. The Labute approximate surface area is 86.2 Å². The van der Waals surface area contributed by atoms with E-state index in [-0.39, 0.29) is 0 Å². The Balaban J connectivity index is 2.70. The molecule has 0 aromatic carbocycles. The maximum absolute atomic E-state index is 3.80. The van der Waals surface area contributed by atoms with Gasteiger partial charge < -0.3 is 10.2 Å². The van der Waals surface area contributed by atoms with E-state index >= 15 is 0 Å². The number of nitrogens with one attached hydrogen (secondary N) is 1. The third kappa shape index (κ3) is 2.70. The summed E-state index contributed by atoms with van der Waals surface area (Å²) in [6.45, 7) is 11.9. The molecule has 1 saturated heterocycles. The van der Waals surface area contributed by atoms with Gasteiger partial charge in [0, 0.05) is 38.1 Å². The van der Waals surface area contributed by atoms with E-state index in [1.165, 1.54) is 11.3 Å². The first kappa shape index (κ1) is 11.0. The van der Waals surface area contributed by atoms with Crippen molar-refractivity contribution in [2.45, 2.75) is 13.8 Å². The van der Waals surface area contributed by atoms with Crippen molar-refractivity contribution in [2.75, 3.05) is 26.2 Å². The quantitative estimate of drug-likeness (QED) is 0.542. The second kappa shape index (κ2) is 5.60. The molecule has 0 amide bonds. The van der Waals surface area contributed by atoms with Crippen LogP contribution >= 0.6 is 0 Å². The molecule has 3 nitrogen and oxygen atoms in total. The molecule has 0 atom stereocenters. The summed E-state index contributed by atoms with van der Waals surface area (Å²) in [6, 6.07) is 0. The zero-order valence-electron chi connectivity index (χ0n) is 9.08. The number of nitrogens with zero attached hydrogens (tertiary/aromatic N) is 2. The maximum atomic E-state index is 3.80. The molecule has 0 spiro atoms. The first-order valence-electron chi connectivity index (χ1n) is 5.04. The number of hydrogen-bond donors (Lipinski definition) is 1. The minimum atomic E-state index is 1.06. The van der Waals surface area contributed by atoms with E-state index in [9.17, 15) is 0 Å². The summed E-state index contributed by atoms with van der Waals surface area (Å²) in [7, 11) is 0. The summed E-state index contributed by atoms with van der Waals surface area (Å²) in [5, 5.41) is 3.34. The minimum absolute atomic E-state index is 1.06. The van der Waals surface area contributed by atoms with Gasteiger partial charge in [-0.25, -0.2) is 0 Å². The summed E-state index contributed by atoms with van der Waals surface area (Å²) < 4.78 is 0. The molecule has 0 bridgehead atoms. The normalized spacial score (nSPS) is 19.7. The van der Waals surface area contributed by atoms with Crippen molar-refractivity contribution >= 4 is 6.72 Å². The Bertz CT molecular complexity index is 247. The third-order valence-electron chi connectivity index (χ3n) is 2.42. The van der Waals surface area contributed by atoms with E-state index in [4.69, 9.17) is 0 Å². The number of rotatable bonds is 3. The molecular formula is C11H19N3. The fourth-order valence-corrected chi connectivity index (χ4v) is 1.77. The van der Waals surface area contributed by atoms with Crippen LogP contribution in [0.3, 0.4) is 0 Å². The number of hydrogen-bond acceptors (Lipinski definition) is 3. The van der Waals surface area contributed by atoms with Crippen LogP contribution in [0.15, 0.2) is 28.5 Å². The van der Waals surface area contributed by atoms with Crippen LogP contribution in [0.2, 0.25) is 0 Å². The Morgan fingerprint density at radius 1 is 1.43 bits per heavy atom. The second-order valence-electron chi connectivity index (χ2n) is 3.41. The van der Waals surface area contributed by atoms with Crippen LogP contribution in [0.1, 0.15) is 13.8 Å². The summed E-state index contributed by atoms with van der Waals surface area (Å²) in [5.41, 5.74) is 2.46. The Morgan fingerprint density at radius 2 is 2.07 bits per heavy atom. The average molecular weight is 193 g/mol. The van der Waals surface area contributed by atoms with E-state index in [1.807, 2.05) is 6.20 Å². The van der Waals surface area contributed by atoms with Crippen LogP contribution in [-0.4, -0.2) is 37.8 Å². The lowest BCUT2D eigenvalue weighted by molar-refractivity contribution is 0.303. The lowest BCUT2D eigenvalue weighted by Crippen LogP contribution is -2.43. The predicted octanol–water partition coefficient (Wildman–Crippen LogP) is 1.40. The SMILES string of the molecule is C=N/C=C(C)\C(=C/C)N1CCNCC1. The zero-order chi connectivity index (χ0) is 10.4. The van der Waals surface area contributed by atoms with Gasteiger partial charge in [0.05, 0.1) is 0 Å². The van der Waals surface area contributed by atoms with Crippen molar-refractivity contribution in [3.8, 4) is 0 Å². The second-order valence-corrected chi connectivity index (χ2v) is 3.41. The molecule has 1 fully saturated rings. The Morgan fingerprint density at radius 3 is 2.57 bits per heavy atom. The van der Waals surface area contributed by atoms with E-state index in [0.717, 1.165) is 26.2 Å². The van der Waals surface area contributed by atoms with Gasteiger partial charge in [-0.1, -0.05) is 6.08 Å². The highest BCUT2D eigenvalue weighted by molar-refractivity contribution is 5.32. The third-order valence-corrected chi connectivity index (χ3v) is 2.42. The van der Waals surface area contributed by atoms with Crippen LogP contribution in [-0.2, 0) is 0 Å². The van der Waals surface area contributed by atoms with E-state index in [0.29, 0.717) is 0 Å². The van der Waals surface area contributed by atoms with Gasteiger partial charge in [0.1, 0.15) is 0 Å². The maximum Gasteiger partial charge on any atom is 0.0368 e. The zero-order valence-corrected chi connectivity index (χ0v) is 9.08. The molecule has 1 aliphatic rings. The lowest BCUT2D eigenvalue weighted by atomic mass is 10.2. The monoisotopic (exact) mass is 193 g/mol. The molecule has 1 aliphatic heterocycles.